The van der Waals surface area contributed by atoms with Crippen molar-refractivity contribution in [3.8, 4) is 5.75 Å². The Morgan fingerprint density at radius 1 is 1.07 bits per heavy atom. The number of benzene rings is 2. The monoisotopic (exact) mass is 621 g/mol. The normalized spacial score (nSPS) is 15.3. The first-order chi connectivity index (χ1) is 19.1. The van der Waals surface area contributed by atoms with Crippen LogP contribution in [-0.2, 0) is 27.2 Å². The number of imide groups is 1. The van der Waals surface area contributed by atoms with Crippen LogP contribution in [0.15, 0.2) is 60.9 Å². The second-order valence-corrected chi connectivity index (χ2v) is 11.0. The van der Waals surface area contributed by atoms with E-state index in [9.17, 15) is 24.3 Å². The summed E-state index contributed by atoms with van der Waals surface area (Å²) in [7, 11) is 0. The van der Waals surface area contributed by atoms with Crippen molar-refractivity contribution in [1.29, 1.82) is 0 Å². The number of aliphatic carboxylic acids is 1. The predicted octanol–water partition coefficient (Wildman–Crippen LogP) is 4.52. The third-order valence-corrected chi connectivity index (χ3v) is 7.72. The average Bonchev–Trinajstić information content (AvgIpc) is 3.44. The summed E-state index contributed by atoms with van der Waals surface area (Å²) in [6.45, 7) is 0. The van der Waals surface area contributed by atoms with Crippen LogP contribution < -0.4 is 10.1 Å². The number of hydrogen-bond donors (Lipinski definition) is 2. The van der Waals surface area contributed by atoms with Crippen LogP contribution in [0.1, 0.15) is 21.5 Å². The summed E-state index contributed by atoms with van der Waals surface area (Å²) < 4.78 is 5.36. The summed E-state index contributed by atoms with van der Waals surface area (Å²) in [4.78, 5) is 56.5. The van der Waals surface area contributed by atoms with Crippen molar-refractivity contribution in [1.82, 2.24) is 15.2 Å². The zero-order valence-corrected chi connectivity index (χ0v) is 23.8. The fourth-order valence-electron chi connectivity index (χ4n) is 4.04. The molecule has 2 N–H and O–H groups in total. The molecule has 1 aromatic heterocycles. The molecule has 0 spiro atoms. The van der Waals surface area contributed by atoms with Gasteiger partial charge >= 0.3 is 11.9 Å². The van der Waals surface area contributed by atoms with Crippen LogP contribution in [0.3, 0.4) is 0 Å². The highest BCUT2D eigenvalue weighted by molar-refractivity contribution is 7.99. The summed E-state index contributed by atoms with van der Waals surface area (Å²) in [6.07, 6.45) is 2.69. The zero-order chi connectivity index (χ0) is 28.8. The molecule has 0 unspecified atom stereocenters. The Morgan fingerprint density at radius 2 is 1.77 bits per heavy atom. The smallest absolute Gasteiger partial charge is 0.346 e. The first-order valence-corrected chi connectivity index (χ1v) is 14.2. The lowest BCUT2D eigenvalue weighted by molar-refractivity contribution is -0.158. The number of aromatic nitrogens is 1. The number of nitrogens with zero attached hydrogens (tertiary/aromatic N) is 2. The third kappa shape index (κ3) is 7.32. The minimum absolute atomic E-state index is 0.0271. The van der Waals surface area contributed by atoms with E-state index in [4.69, 9.17) is 39.5 Å². The molecule has 208 valence electrons. The lowest BCUT2D eigenvalue weighted by Gasteiger charge is -2.29. The topological polar surface area (TPSA) is 126 Å². The largest absolute Gasteiger partial charge is 0.480 e. The maximum absolute atomic E-state index is 13.4. The van der Waals surface area contributed by atoms with Crippen molar-refractivity contribution in [2.24, 2.45) is 0 Å². The van der Waals surface area contributed by atoms with Gasteiger partial charge < -0.3 is 9.84 Å². The quantitative estimate of drug-likeness (QED) is 0.262. The molecule has 0 radical (unpaired) electrons. The number of amides is 2. The zero-order valence-electron chi connectivity index (χ0n) is 20.7. The first kappa shape index (κ1) is 29.8. The van der Waals surface area contributed by atoms with Crippen molar-refractivity contribution in [3.63, 3.8) is 0 Å². The molecule has 2 atom stereocenters. The standard InChI is InChI=1S/C27H22Cl3N3O6S/c28-17-10-19(29)24(20(30)11-17)27(38)39-18-5-3-15(4-6-18)8-22(26(36)37)33(25(35)21-13-40-14-32-21)23(34)9-16-2-1-7-31-12-16/h1-7,10-12,21-22,32H,8-9,13-14H2,(H,36,37)/t21-,22-/m0/s1. The van der Waals surface area contributed by atoms with Crippen LogP contribution in [0.2, 0.25) is 15.1 Å². The molecule has 2 amide bonds. The van der Waals surface area contributed by atoms with Gasteiger partial charge in [-0.15, -0.1) is 11.8 Å². The fraction of sp³-hybridized carbons (Fsp3) is 0.222. The molecule has 9 nitrogen and oxygen atoms in total. The molecule has 3 aromatic rings. The van der Waals surface area contributed by atoms with Crippen LogP contribution in [0.25, 0.3) is 0 Å². The molecule has 1 aliphatic rings. The van der Waals surface area contributed by atoms with E-state index in [0.717, 1.165) is 4.90 Å². The minimum Gasteiger partial charge on any atom is -0.480 e. The van der Waals surface area contributed by atoms with E-state index in [-0.39, 0.29) is 39.2 Å². The molecule has 13 heteroatoms. The summed E-state index contributed by atoms with van der Waals surface area (Å²) >= 11 is 19.6. The van der Waals surface area contributed by atoms with E-state index >= 15 is 0 Å². The number of halogens is 3. The molecule has 40 heavy (non-hydrogen) atoms. The Kier molecular flexibility index (Phi) is 10.0. The first-order valence-electron chi connectivity index (χ1n) is 11.9. The van der Waals surface area contributed by atoms with Gasteiger partial charge in [0.15, 0.2) is 0 Å². The average molecular weight is 623 g/mol. The lowest BCUT2D eigenvalue weighted by Crippen LogP contribution is -2.55. The Morgan fingerprint density at radius 3 is 2.35 bits per heavy atom. The third-order valence-electron chi connectivity index (χ3n) is 5.97. The molecular weight excluding hydrogens is 601 g/mol. The number of esters is 1. The molecule has 2 heterocycles. The van der Waals surface area contributed by atoms with Gasteiger partial charge in [0, 0.05) is 35.5 Å². The van der Waals surface area contributed by atoms with Gasteiger partial charge in [0.2, 0.25) is 11.8 Å². The second-order valence-electron chi connectivity index (χ2n) is 8.75. The van der Waals surface area contributed by atoms with Gasteiger partial charge in [0.25, 0.3) is 0 Å². The molecule has 1 aliphatic heterocycles. The molecule has 0 bridgehead atoms. The van der Waals surface area contributed by atoms with Gasteiger partial charge in [-0.1, -0.05) is 53.0 Å². The Labute approximate surface area is 248 Å². The highest BCUT2D eigenvalue weighted by Crippen LogP contribution is 2.30. The molecule has 2 aromatic carbocycles. The number of thioether (sulfide) groups is 1. The molecule has 0 saturated carbocycles. The molecule has 0 aliphatic carbocycles. The van der Waals surface area contributed by atoms with Crippen molar-refractivity contribution in [2.45, 2.75) is 24.9 Å². The SMILES string of the molecule is O=C(Oc1ccc(C[C@@H](C(=O)O)N(C(=O)Cc2cccnc2)C(=O)[C@@H]2CSCN2)cc1)c1c(Cl)cc(Cl)cc1Cl. The Balaban J connectivity index is 1.53. The van der Waals surface area contributed by atoms with Gasteiger partial charge in [0.05, 0.1) is 28.1 Å². The molecular formula is C27H22Cl3N3O6S. The second kappa shape index (κ2) is 13.5. The van der Waals surface area contributed by atoms with Crippen molar-refractivity contribution in [3.05, 3.63) is 92.7 Å². The molecule has 1 saturated heterocycles. The van der Waals surface area contributed by atoms with Crippen LogP contribution in [0.5, 0.6) is 5.75 Å². The summed E-state index contributed by atoms with van der Waals surface area (Å²) in [5.74, 6) is -2.30. The van der Waals surface area contributed by atoms with E-state index in [0.29, 0.717) is 22.8 Å². The van der Waals surface area contributed by atoms with E-state index in [1.165, 1.54) is 42.2 Å². The van der Waals surface area contributed by atoms with Crippen molar-refractivity contribution in [2.75, 3.05) is 11.6 Å². The number of rotatable bonds is 9. The minimum atomic E-state index is -1.47. The molecule has 4 rings (SSSR count). The van der Waals surface area contributed by atoms with E-state index < -0.39 is 35.8 Å². The van der Waals surface area contributed by atoms with Gasteiger partial charge in [-0.3, -0.25) is 24.8 Å². The van der Waals surface area contributed by atoms with Crippen molar-refractivity contribution < 1.29 is 29.0 Å². The van der Waals surface area contributed by atoms with Crippen LogP contribution in [0, 0.1) is 0 Å². The number of nitrogens with one attached hydrogen (secondary N) is 1. The van der Waals surface area contributed by atoms with Gasteiger partial charge in [0.1, 0.15) is 11.8 Å². The number of carbonyl (C=O) groups is 4. The van der Waals surface area contributed by atoms with Gasteiger partial charge in [-0.05, 0) is 41.5 Å². The summed E-state index contributed by atoms with van der Waals surface area (Å²) in [6, 6.07) is 9.92. The van der Waals surface area contributed by atoms with E-state index in [1.54, 1.807) is 30.5 Å². The van der Waals surface area contributed by atoms with Crippen LogP contribution >= 0.6 is 46.6 Å². The van der Waals surface area contributed by atoms with Crippen LogP contribution in [-0.4, -0.2) is 62.5 Å². The number of pyridine rings is 1. The van der Waals surface area contributed by atoms with Gasteiger partial charge in [-0.2, -0.15) is 0 Å². The number of carbonyl (C=O) groups excluding carboxylic acids is 3. The maximum Gasteiger partial charge on any atom is 0.346 e. The number of ether oxygens (including phenoxy) is 1. The maximum atomic E-state index is 13.4. The highest BCUT2D eigenvalue weighted by Gasteiger charge is 2.39. The van der Waals surface area contributed by atoms with E-state index in [1.807, 2.05) is 0 Å². The molecule has 1 fully saturated rings. The van der Waals surface area contributed by atoms with Crippen molar-refractivity contribution >= 4 is 70.3 Å². The Bertz CT molecular complexity index is 1400. The number of carboxylic acid groups (broad SMARTS) is 1. The van der Waals surface area contributed by atoms with E-state index in [2.05, 4.69) is 10.3 Å². The Hall–Kier alpha value is -3.15. The number of hydrogen-bond acceptors (Lipinski definition) is 8. The summed E-state index contributed by atoms with van der Waals surface area (Å²) in [5, 5.41) is 13.4. The fourth-order valence-corrected chi connectivity index (χ4v) is 5.94. The number of carboxylic acids is 1. The highest BCUT2D eigenvalue weighted by atomic mass is 35.5. The van der Waals surface area contributed by atoms with Crippen LogP contribution in [0.4, 0.5) is 0 Å². The summed E-state index contributed by atoms with van der Waals surface area (Å²) in [5.41, 5.74) is 0.994. The predicted molar refractivity (Wildman–Crippen MR) is 152 cm³/mol. The van der Waals surface area contributed by atoms with Gasteiger partial charge in [-0.25, -0.2) is 9.59 Å². The lowest BCUT2D eigenvalue weighted by atomic mass is 10.0.